The van der Waals surface area contributed by atoms with Crippen LogP contribution in [0.3, 0.4) is 0 Å². The zero-order valence-electron chi connectivity index (χ0n) is 17.7. The largest absolute Gasteiger partial charge is 0.490 e. The normalized spacial score (nSPS) is 15.8. The van der Waals surface area contributed by atoms with Gasteiger partial charge in [-0.05, 0) is 67.6 Å². The Morgan fingerprint density at radius 1 is 1.22 bits per heavy atom. The van der Waals surface area contributed by atoms with Gasteiger partial charge in [0.15, 0.2) is 16.7 Å². The fraction of sp³-hybridized carbons (Fsp3) is 0.208. The number of aromatic carboxylic acids is 1. The van der Waals surface area contributed by atoms with E-state index >= 15 is 0 Å². The lowest BCUT2D eigenvalue weighted by Gasteiger charge is -2.12. The summed E-state index contributed by atoms with van der Waals surface area (Å²) in [5, 5.41) is 9.68. The summed E-state index contributed by atoms with van der Waals surface area (Å²) in [7, 11) is 0. The van der Waals surface area contributed by atoms with Crippen molar-refractivity contribution in [2.75, 3.05) is 19.8 Å². The van der Waals surface area contributed by atoms with Gasteiger partial charge in [0.2, 0.25) is 0 Å². The summed E-state index contributed by atoms with van der Waals surface area (Å²) >= 11 is 1.23. The third kappa shape index (κ3) is 5.31. The minimum Gasteiger partial charge on any atom is -0.490 e. The highest BCUT2D eigenvalue weighted by atomic mass is 32.2. The molecule has 1 aliphatic heterocycles. The summed E-state index contributed by atoms with van der Waals surface area (Å²) in [4.78, 5) is 30.7. The van der Waals surface area contributed by atoms with Crippen LogP contribution < -0.4 is 9.47 Å². The summed E-state index contributed by atoms with van der Waals surface area (Å²) < 4.78 is 11.1. The van der Waals surface area contributed by atoms with Crippen LogP contribution in [0.1, 0.15) is 29.8 Å². The van der Waals surface area contributed by atoms with Crippen molar-refractivity contribution in [2.45, 2.75) is 13.8 Å². The summed E-state index contributed by atoms with van der Waals surface area (Å²) in [6.07, 6.45) is 7.02. The number of likely N-dealkylation sites (N-methyl/N-ethyl adjacent to an activating group) is 1. The van der Waals surface area contributed by atoms with Gasteiger partial charge in [0.1, 0.15) is 6.61 Å². The Hall–Kier alpha value is -3.70. The topological polar surface area (TPSA) is 88.4 Å². The minimum absolute atomic E-state index is 0.128. The molecule has 1 heterocycles. The predicted molar refractivity (Wildman–Crippen MR) is 125 cm³/mol. The molecular weight excluding hydrogens is 428 g/mol. The van der Waals surface area contributed by atoms with E-state index in [-0.39, 0.29) is 18.1 Å². The number of aliphatic imine (C=N–C) groups is 1. The van der Waals surface area contributed by atoms with Crippen molar-refractivity contribution in [1.82, 2.24) is 4.90 Å². The number of hydrogen-bond acceptors (Lipinski definition) is 6. The molecule has 0 unspecified atom stereocenters. The molecule has 0 bridgehead atoms. The average molecular weight is 451 g/mol. The molecule has 0 atom stereocenters. The molecule has 1 aliphatic rings. The van der Waals surface area contributed by atoms with Gasteiger partial charge in [-0.3, -0.25) is 9.69 Å². The highest BCUT2D eigenvalue weighted by molar-refractivity contribution is 8.18. The number of carboxylic acids is 1. The Morgan fingerprint density at radius 2 is 2.03 bits per heavy atom. The first kappa shape index (κ1) is 23.0. The second-order valence-corrected chi connectivity index (χ2v) is 7.55. The number of carbonyl (C=O) groups is 2. The van der Waals surface area contributed by atoms with Crippen molar-refractivity contribution in [3.05, 3.63) is 58.5 Å². The van der Waals surface area contributed by atoms with Crippen molar-refractivity contribution in [3.8, 4) is 23.8 Å². The van der Waals surface area contributed by atoms with Gasteiger partial charge < -0.3 is 14.6 Å². The average Bonchev–Trinajstić information content (AvgIpc) is 3.07. The molecule has 0 saturated carbocycles. The summed E-state index contributed by atoms with van der Waals surface area (Å²) in [6, 6.07) is 11.6. The van der Waals surface area contributed by atoms with Crippen molar-refractivity contribution in [2.24, 2.45) is 4.99 Å². The van der Waals surface area contributed by atoms with Gasteiger partial charge in [-0.25, -0.2) is 9.79 Å². The first-order valence-electron chi connectivity index (χ1n) is 9.93. The Morgan fingerprint density at radius 3 is 2.72 bits per heavy atom. The van der Waals surface area contributed by atoms with Crippen LogP contribution in [0.15, 0.2) is 52.4 Å². The van der Waals surface area contributed by atoms with Gasteiger partial charge in [-0.2, -0.15) is 0 Å². The first-order chi connectivity index (χ1) is 15.5. The van der Waals surface area contributed by atoms with E-state index in [2.05, 4.69) is 10.9 Å². The molecule has 2 aromatic carbocycles. The van der Waals surface area contributed by atoms with Gasteiger partial charge in [-0.15, -0.1) is 6.42 Å². The van der Waals surface area contributed by atoms with Crippen LogP contribution >= 0.6 is 11.8 Å². The quantitative estimate of drug-likeness (QED) is 0.473. The van der Waals surface area contributed by atoms with Gasteiger partial charge in [0, 0.05) is 6.54 Å². The summed E-state index contributed by atoms with van der Waals surface area (Å²) in [6.45, 7) is 4.74. The molecule has 8 heteroatoms. The fourth-order valence-electron chi connectivity index (χ4n) is 2.96. The second-order valence-electron chi connectivity index (χ2n) is 6.54. The maximum Gasteiger partial charge on any atom is 0.335 e. The zero-order chi connectivity index (χ0) is 23.1. The van der Waals surface area contributed by atoms with Crippen molar-refractivity contribution in [3.63, 3.8) is 0 Å². The van der Waals surface area contributed by atoms with Crippen LogP contribution in [-0.4, -0.2) is 46.8 Å². The highest BCUT2D eigenvalue weighted by Gasteiger charge is 2.32. The Labute approximate surface area is 190 Å². The molecule has 1 saturated heterocycles. The molecule has 32 heavy (non-hydrogen) atoms. The molecule has 0 aromatic heterocycles. The molecule has 0 radical (unpaired) electrons. The van der Waals surface area contributed by atoms with Crippen LogP contribution in [0.4, 0.5) is 5.69 Å². The fourth-order valence-corrected chi connectivity index (χ4v) is 4.02. The number of nitrogens with zero attached hydrogens (tertiary/aromatic N) is 2. The summed E-state index contributed by atoms with van der Waals surface area (Å²) in [5.74, 6) is 2.30. The number of thioether (sulfide) groups is 1. The second kappa shape index (κ2) is 10.6. The lowest BCUT2D eigenvalue weighted by Crippen LogP contribution is -2.28. The van der Waals surface area contributed by atoms with Crippen molar-refractivity contribution < 1.29 is 24.2 Å². The molecule has 164 valence electrons. The van der Waals surface area contributed by atoms with Gasteiger partial charge in [0.05, 0.1) is 22.8 Å². The number of ether oxygens (including phenoxy) is 2. The Balaban J connectivity index is 1.91. The molecule has 1 amide bonds. The third-order valence-electron chi connectivity index (χ3n) is 4.40. The SMILES string of the molecule is C#CCOc1ccc(C=C2SC(=Nc3cccc(C(=O)O)c3)N(CC)C2=O)cc1OCC. The predicted octanol–water partition coefficient (Wildman–Crippen LogP) is 4.42. The van der Waals surface area contributed by atoms with E-state index in [0.717, 1.165) is 5.56 Å². The standard InChI is InChI=1S/C24H22N2O5S/c1-4-12-31-19-11-10-16(13-20(19)30-6-3)14-21-22(27)26(5-2)24(32-21)25-18-9-7-8-17(15-18)23(28)29/h1,7-11,13-15H,5-6,12H2,2-3H3,(H,28,29). The highest BCUT2D eigenvalue weighted by Crippen LogP contribution is 2.36. The van der Waals surface area contributed by atoms with Crippen LogP contribution in [0.25, 0.3) is 6.08 Å². The number of amidine groups is 1. The summed E-state index contributed by atoms with van der Waals surface area (Å²) in [5.41, 5.74) is 1.37. The number of carbonyl (C=O) groups excluding carboxylic acids is 1. The van der Waals surface area contributed by atoms with Crippen LogP contribution in [-0.2, 0) is 4.79 Å². The maximum absolute atomic E-state index is 12.9. The van der Waals surface area contributed by atoms with E-state index in [1.54, 1.807) is 35.2 Å². The van der Waals surface area contributed by atoms with Gasteiger partial charge in [0.25, 0.3) is 5.91 Å². The van der Waals surface area contributed by atoms with E-state index in [1.807, 2.05) is 19.9 Å². The minimum atomic E-state index is -1.03. The number of hydrogen-bond donors (Lipinski definition) is 1. The number of amides is 1. The van der Waals surface area contributed by atoms with Crippen LogP contribution in [0, 0.1) is 12.3 Å². The molecule has 1 N–H and O–H groups in total. The maximum atomic E-state index is 12.9. The molecule has 7 nitrogen and oxygen atoms in total. The van der Waals surface area contributed by atoms with Crippen molar-refractivity contribution >= 4 is 40.6 Å². The Kier molecular flexibility index (Phi) is 7.58. The monoisotopic (exact) mass is 450 g/mol. The van der Waals surface area contributed by atoms with Gasteiger partial charge in [-0.1, -0.05) is 18.1 Å². The molecule has 1 fully saturated rings. The van der Waals surface area contributed by atoms with E-state index < -0.39 is 5.97 Å². The molecule has 2 aromatic rings. The number of carboxylic acid groups (broad SMARTS) is 1. The van der Waals surface area contributed by atoms with Crippen molar-refractivity contribution in [1.29, 1.82) is 0 Å². The van der Waals surface area contributed by atoms with E-state index in [1.165, 1.54) is 23.9 Å². The lowest BCUT2D eigenvalue weighted by atomic mass is 10.2. The zero-order valence-corrected chi connectivity index (χ0v) is 18.5. The lowest BCUT2D eigenvalue weighted by molar-refractivity contribution is -0.122. The molecular formula is C24H22N2O5S. The first-order valence-corrected chi connectivity index (χ1v) is 10.7. The molecule has 3 rings (SSSR count). The van der Waals surface area contributed by atoms with E-state index in [9.17, 15) is 14.7 Å². The van der Waals surface area contributed by atoms with E-state index in [4.69, 9.17) is 15.9 Å². The molecule has 0 spiro atoms. The van der Waals surface area contributed by atoms with E-state index in [0.29, 0.717) is 40.4 Å². The molecule has 0 aliphatic carbocycles. The Bertz CT molecular complexity index is 1130. The van der Waals surface area contributed by atoms with Crippen LogP contribution in [0.2, 0.25) is 0 Å². The smallest absolute Gasteiger partial charge is 0.335 e. The third-order valence-corrected chi connectivity index (χ3v) is 5.41. The number of terminal acetylenes is 1. The number of benzene rings is 2. The van der Waals surface area contributed by atoms with Gasteiger partial charge >= 0.3 is 5.97 Å². The number of rotatable bonds is 8. The van der Waals surface area contributed by atoms with Crippen LogP contribution in [0.5, 0.6) is 11.5 Å².